The Labute approximate surface area is 118 Å². The average Bonchev–Trinajstić information content (AvgIpc) is 2.76. The zero-order valence-electron chi connectivity index (χ0n) is 9.50. The van der Waals surface area contributed by atoms with Crippen molar-refractivity contribution in [1.82, 2.24) is 0 Å². The molecule has 0 aliphatic carbocycles. The van der Waals surface area contributed by atoms with Crippen LogP contribution in [-0.4, -0.2) is 15.5 Å². The SMILES string of the molecule is CN(c1ccccc1N)S(=O)(=O)c1sccc1Br. The van der Waals surface area contributed by atoms with Crippen molar-refractivity contribution in [2.24, 2.45) is 0 Å². The highest BCUT2D eigenvalue weighted by Crippen LogP contribution is 2.33. The van der Waals surface area contributed by atoms with Crippen molar-refractivity contribution >= 4 is 48.7 Å². The van der Waals surface area contributed by atoms with E-state index in [2.05, 4.69) is 15.9 Å². The third-order valence-corrected chi connectivity index (χ3v) is 6.87. The van der Waals surface area contributed by atoms with E-state index in [0.29, 0.717) is 15.8 Å². The quantitative estimate of drug-likeness (QED) is 0.869. The van der Waals surface area contributed by atoms with E-state index in [9.17, 15) is 8.42 Å². The van der Waals surface area contributed by atoms with Crippen LogP contribution in [0.4, 0.5) is 11.4 Å². The molecule has 0 saturated heterocycles. The molecular weight excluding hydrogens is 336 g/mol. The van der Waals surface area contributed by atoms with Gasteiger partial charge in [-0.05, 0) is 39.5 Å². The van der Waals surface area contributed by atoms with Crippen molar-refractivity contribution in [2.45, 2.75) is 4.21 Å². The molecule has 1 heterocycles. The second-order valence-electron chi connectivity index (χ2n) is 3.59. The summed E-state index contributed by atoms with van der Waals surface area (Å²) in [4.78, 5) is 0. The number of benzene rings is 1. The van der Waals surface area contributed by atoms with Crippen LogP contribution in [0, 0.1) is 0 Å². The van der Waals surface area contributed by atoms with E-state index >= 15 is 0 Å². The standard InChI is InChI=1S/C11H11BrN2O2S2/c1-14(10-5-3-2-4-9(10)13)18(15,16)11-8(12)6-7-17-11/h2-7H,13H2,1H3. The second-order valence-corrected chi connectivity index (χ2v) is 7.52. The summed E-state index contributed by atoms with van der Waals surface area (Å²) in [7, 11) is -2.08. The van der Waals surface area contributed by atoms with E-state index in [1.54, 1.807) is 35.7 Å². The van der Waals surface area contributed by atoms with Gasteiger partial charge in [-0.25, -0.2) is 8.42 Å². The number of rotatable bonds is 3. The number of halogens is 1. The highest BCUT2D eigenvalue weighted by molar-refractivity contribution is 9.10. The lowest BCUT2D eigenvalue weighted by Gasteiger charge is -2.20. The van der Waals surface area contributed by atoms with Gasteiger partial charge in [-0.1, -0.05) is 12.1 Å². The monoisotopic (exact) mass is 346 g/mol. The zero-order valence-corrected chi connectivity index (χ0v) is 12.7. The Morgan fingerprint density at radius 3 is 2.50 bits per heavy atom. The predicted octanol–water partition coefficient (Wildman–Crippen LogP) is 2.92. The van der Waals surface area contributed by atoms with Gasteiger partial charge in [-0.3, -0.25) is 4.31 Å². The third kappa shape index (κ3) is 2.25. The summed E-state index contributed by atoms with van der Waals surface area (Å²) < 4.78 is 26.9. The molecule has 4 nitrogen and oxygen atoms in total. The van der Waals surface area contributed by atoms with Crippen LogP contribution in [0.5, 0.6) is 0 Å². The van der Waals surface area contributed by atoms with Crippen LogP contribution in [0.3, 0.4) is 0 Å². The van der Waals surface area contributed by atoms with Gasteiger partial charge in [-0.2, -0.15) is 0 Å². The van der Waals surface area contributed by atoms with Crippen LogP contribution in [0.25, 0.3) is 0 Å². The molecule has 0 bridgehead atoms. The Balaban J connectivity index is 2.50. The minimum absolute atomic E-state index is 0.272. The van der Waals surface area contributed by atoms with E-state index in [-0.39, 0.29) is 4.21 Å². The summed E-state index contributed by atoms with van der Waals surface area (Å²) in [6, 6.07) is 8.57. The van der Waals surface area contributed by atoms with Gasteiger partial charge in [0.25, 0.3) is 10.0 Å². The number of nitrogens with zero attached hydrogens (tertiary/aromatic N) is 1. The molecule has 0 spiro atoms. The molecule has 96 valence electrons. The highest BCUT2D eigenvalue weighted by atomic mass is 79.9. The number of hydrogen-bond acceptors (Lipinski definition) is 4. The van der Waals surface area contributed by atoms with E-state index in [0.717, 1.165) is 0 Å². The van der Waals surface area contributed by atoms with Crippen LogP contribution >= 0.6 is 27.3 Å². The number of hydrogen-bond donors (Lipinski definition) is 1. The van der Waals surface area contributed by atoms with Gasteiger partial charge in [0, 0.05) is 11.5 Å². The summed E-state index contributed by atoms with van der Waals surface area (Å²) in [6.45, 7) is 0. The van der Waals surface area contributed by atoms with E-state index in [1.165, 1.54) is 22.7 Å². The fraction of sp³-hybridized carbons (Fsp3) is 0.0909. The number of anilines is 2. The van der Waals surface area contributed by atoms with Crippen molar-refractivity contribution < 1.29 is 8.42 Å². The largest absolute Gasteiger partial charge is 0.397 e. The van der Waals surface area contributed by atoms with Gasteiger partial charge in [0.15, 0.2) is 4.21 Å². The second kappa shape index (κ2) is 4.91. The molecule has 0 aliphatic heterocycles. The molecule has 0 atom stereocenters. The molecule has 0 fully saturated rings. The van der Waals surface area contributed by atoms with Crippen LogP contribution in [0.15, 0.2) is 44.4 Å². The summed E-state index contributed by atoms with van der Waals surface area (Å²) >= 11 is 4.40. The fourth-order valence-corrected chi connectivity index (χ4v) is 5.18. The first-order valence-electron chi connectivity index (χ1n) is 5.01. The van der Waals surface area contributed by atoms with Gasteiger partial charge in [0.1, 0.15) is 0 Å². The molecule has 0 aliphatic rings. The molecular formula is C11H11BrN2O2S2. The van der Waals surface area contributed by atoms with Gasteiger partial charge in [-0.15, -0.1) is 11.3 Å². The van der Waals surface area contributed by atoms with Crippen LogP contribution < -0.4 is 10.0 Å². The fourth-order valence-electron chi connectivity index (χ4n) is 1.49. The maximum atomic E-state index is 12.4. The molecule has 18 heavy (non-hydrogen) atoms. The molecule has 0 amide bonds. The maximum absolute atomic E-state index is 12.4. The maximum Gasteiger partial charge on any atom is 0.274 e. The highest BCUT2D eigenvalue weighted by Gasteiger charge is 2.26. The summed E-state index contributed by atoms with van der Waals surface area (Å²) in [5, 5.41) is 1.72. The van der Waals surface area contributed by atoms with Gasteiger partial charge in [0.05, 0.1) is 11.4 Å². The molecule has 7 heteroatoms. The Morgan fingerprint density at radius 1 is 1.28 bits per heavy atom. The van der Waals surface area contributed by atoms with Crippen molar-refractivity contribution in [3.05, 3.63) is 40.2 Å². The number of nitrogen functional groups attached to an aromatic ring is 1. The minimum atomic E-state index is -3.58. The first kappa shape index (κ1) is 13.4. The summed E-state index contributed by atoms with van der Waals surface area (Å²) in [5.41, 5.74) is 6.69. The molecule has 1 aromatic heterocycles. The van der Waals surface area contributed by atoms with E-state index in [4.69, 9.17) is 5.73 Å². The Hall–Kier alpha value is -1.05. The summed E-state index contributed by atoms with van der Waals surface area (Å²) in [6.07, 6.45) is 0. The smallest absolute Gasteiger partial charge is 0.274 e. The van der Waals surface area contributed by atoms with Crippen molar-refractivity contribution in [3.63, 3.8) is 0 Å². The van der Waals surface area contributed by atoms with Crippen molar-refractivity contribution in [1.29, 1.82) is 0 Å². The molecule has 2 rings (SSSR count). The van der Waals surface area contributed by atoms with Crippen LogP contribution in [0.2, 0.25) is 0 Å². The number of para-hydroxylation sites is 2. The molecule has 0 unspecified atom stereocenters. The van der Waals surface area contributed by atoms with Gasteiger partial charge in [0.2, 0.25) is 0 Å². The lowest BCUT2D eigenvalue weighted by atomic mass is 10.3. The number of nitrogens with two attached hydrogens (primary N) is 1. The van der Waals surface area contributed by atoms with E-state index in [1.807, 2.05) is 0 Å². The molecule has 2 aromatic rings. The Kier molecular flexibility index (Phi) is 3.65. The third-order valence-electron chi connectivity index (χ3n) is 2.46. The van der Waals surface area contributed by atoms with Crippen molar-refractivity contribution in [2.75, 3.05) is 17.1 Å². The zero-order chi connectivity index (χ0) is 13.3. The average molecular weight is 347 g/mol. The first-order chi connectivity index (χ1) is 8.44. The normalized spacial score (nSPS) is 11.4. The molecule has 2 N–H and O–H groups in total. The number of thiophene rings is 1. The lowest BCUT2D eigenvalue weighted by molar-refractivity contribution is 0.596. The summed E-state index contributed by atoms with van der Waals surface area (Å²) in [5.74, 6) is 0. The molecule has 0 saturated carbocycles. The van der Waals surface area contributed by atoms with Crippen molar-refractivity contribution in [3.8, 4) is 0 Å². The predicted molar refractivity (Wildman–Crippen MR) is 78.5 cm³/mol. The minimum Gasteiger partial charge on any atom is -0.397 e. The van der Waals surface area contributed by atoms with Gasteiger partial charge < -0.3 is 5.73 Å². The molecule has 1 aromatic carbocycles. The van der Waals surface area contributed by atoms with Crippen LogP contribution in [-0.2, 0) is 10.0 Å². The van der Waals surface area contributed by atoms with Crippen LogP contribution in [0.1, 0.15) is 0 Å². The molecule has 0 radical (unpaired) electrons. The Morgan fingerprint density at radius 2 is 1.94 bits per heavy atom. The van der Waals surface area contributed by atoms with Gasteiger partial charge >= 0.3 is 0 Å². The topological polar surface area (TPSA) is 63.4 Å². The number of sulfonamides is 1. The first-order valence-corrected chi connectivity index (χ1v) is 8.12. The lowest BCUT2D eigenvalue weighted by Crippen LogP contribution is -2.26. The van der Waals surface area contributed by atoms with E-state index < -0.39 is 10.0 Å². The Bertz CT molecular complexity index is 667.